The monoisotopic (exact) mass is 528 g/mol. The Bertz CT molecular complexity index is 1510. The number of nitrogens with zero attached hydrogens (tertiary/aromatic N) is 11. The number of aromatic nitrogens is 7. The van der Waals surface area contributed by atoms with Crippen molar-refractivity contribution in [3.05, 3.63) is 48.7 Å². The van der Waals surface area contributed by atoms with E-state index >= 15 is 0 Å². The minimum absolute atomic E-state index is 0.0660. The fourth-order valence-electron chi connectivity index (χ4n) is 5.25. The fourth-order valence-corrected chi connectivity index (χ4v) is 5.25. The summed E-state index contributed by atoms with van der Waals surface area (Å²) >= 11 is 0. The van der Waals surface area contributed by atoms with Gasteiger partial charge in [0.15, 0.2) is 5.65 Å². The van der Waals surface area contributed by atoms with Gasteiger partial charge in [0.05, 0.1) is 36.3 Å². The molecule has 0 aliphatic carbocycles. The lowest BCUT2D eigenvalue weighted by Gasteiger charge is -2.50. The molecule has 0 unspecified atom stereocenters. The normalized spacial score (nSPS) is 17.3. The minimum Gasteiger partial charge on any atom is -0.363 e. The van der Waals surface area contributed by atoms with Gasteiger partial charge in [0, 0.05) is 57.9 Å². The molecule has 13 nitrogen and oxygen atoms in total. The number of rotatable bonds is 8. The molecule has 0 saturated carbocycles. The van der Waals surface area contributed by atoms with E-state index in [4.69, 9.17) is 4.98 Å². The molecule has 6 rings (SSSR count). The van der Waals surface area contributed by atoms with Crippen LogP contribution in [0.15, 0.2) is 43.1 Å². The first-order valence-electron chi connectivity index (χ1n) is 13.2. The predicted molar refractivity (Wildman–Crippen MR) is 145 cm³/mol. The summed E-state index contributed by atoms with van der Waals surface area (Å²) in [5.74, 6) is 0.507. The molecular formula is C26H32N12O. The number of anilines is 3. The zero-order valence-electron chi connectivity index (χ0n) is 22.2. The number of nitriles is 1. The van der Waals surface area contributed by atoms with Crippen LogP contribution in [0.1, 0.15) is 18.9 Å². The van der Waals surface area contributed by atoms with Crippen LogP contribution in [0.2, 0.25) is 0 Å². The smallest absolute Gasteiger partial charge is 0.247 e. The van der Waals surface area contributed by atoms with Crippen molar-refractivity contribution in [2.75, 3.05) is 56.5 Å². The van der Waals surface area contributed by atoms with Gasteiger partial charge in [-0.3, -0.25) is 14.2 Å². The molecule has 2 fully saturated rings. The van der Waals surface area contributed by atoms with Gasteiger partial charge in [0.2, 0.25) is 11.9 Å². The zero-order valence-corrected chi connectivity index (χ0v) is 22.2. The van der Waals surface area contributed by atoms with Crippen LogP contribution >= 0.6 is 0 Å². The summed E-state index contributed by atoms with van der Waals surface area (Å²) in [6, 6.07) is 6.31. The molecule has 4 aromatic rings. The van der Waals surface area contributed by atoms with E-state index in [2.05, 4.69) is 50.5 Å². The van der Waals surface area contributed by atoms with Crippen molar-refractivity contribution in [3.8, 4) is 6.07 Å². The van der Waals surface area contributed by atoms with Crippen LogP contribution in [0.25, 0.3) is 5.65 Å². The van der Waals surface area contributed by atoms with Crippen LogP contribution in [-0.4, -0.2) is 96.2 Å². The van der Waals surface area contributed by atoms with Crippen molar-refractivity contribution in [2.24, 2.45) is 0 Å². The summed E-state index contributed by atoms with van der Waals surface area (Å²) < 4.78 is 5.33. The van der Waals surface area contributed by atoms with Crippen molar-refractivity contribution in [1.29, 1.82) is 5.26 Å². The predicted octanol–water partition coefficient (Wildman–Crippen LogP) is 1.33. The van der Waals surface area contributed by atoms with Crippen LogP contribution in [0.4, 0.5) is 17.3 Å². The molecule has 39 heavy (non-hydrogen) atoms. The Labute approximate surface area is 226 Å². The van der Waals surface area contributed by atoms with E-state index in [0.29, 0.717) is 31.1 Å². The van der Waals surface area contributed by atoms with Gasteiger partial charge in [0.25, 0.3) is 0 Å². The van der Waals surface area contributed by atoms with Gasteiger partial charge < -0.3 is 20.0 Å². The number of carbonyl (C=O) groups excluding carboxylic acids is 1. The SMILES string of the molecule is CCc1cnn(C2(CC#N)CN(c3cccn4nc(Nc5cnn(CC(=O)N6CCN(C)CC6)c5)nc34)C2)c1. The van der Waals surface area contributed by atoms with Crippen LogP contribution in [-0.2, 0) is 23.3 Å². The van der Waals surface area contributed by atoms with Crippen LogP contribution in [0.5, 0.6) is 0 Å². The Kier molecular flexibility index (Phi) is 6.40. The average Bonchev–Trinajstić information content (AvgIpc) is 3.66. The number of amides is 1. The molecule has 0 radical (unpaired) electrons. The zero-order chi connectivity index (χ0) is 27.0. The van der Waals surface area contributed by atoms with Gasteiger partial charge in [-0.25, -0.2) is 4.52 Å². The maximum atomic E-state index is 12.7. The molecule has 6 heterocycles. The van der Waals surface area contributed by atoms with Gasteiger partial charge in [0.1, 0.15) is 12.1 Å². The third-order valence-corrected chi connectivity index (χ3v) is 7.63. The molecule has 13 heteroatoms. The number of hydrogen-bond acceptors (Lipinski definition) is 9. The highest BCUT2D eigenvalue weighted by Gasteiger charge is 2.46. The third kappa shape index (κ3) is 4.79. The molecule has 0 aromatic carbocycles. The first-order chi connectivity index (χ1) is 19.0. The van der Waals surface area contributed by atoms with E-state index < -0.39 is 0 Å². The van der Waals surface area contributed by atoms with E-state index in [1.165, 1.54) is 0 Å². The number of aryl methyl sites for hydroxylation is 1. The second kappa shape index (κ2) is 10.0. The summed E-state index contributed by atoms with van der Waals surface area (Å²) in [5.41, 5.74) is 3.18. The highest BCUT2D eigenvalue weighted by atomic mass is 16.2. The van der Waals surface area contributed by atoms with E-state index in [1.54, 1.807) is 21.6 Å². The number of hydrogen-bond donors (Lipinski definition) is 1. The van der Waals surface area contributed by atoms with E-state index in [1.807, 2.05) is 40.3 Å². The Morgan fingerprint density at radius 2 is 1.97 bits per heavy atom. The van der Waals surface area contributed by atoms with Gasteiger partial charge in [-0.1, -0.05) is 6.92 Å². The first kappa shape index (κ1) is 24.9. The largest absolute Gasteiger partial charge is 0.363 e. The highest BCUT2D eigenvalue weighted by molar-refractivity contribution is 5.76. The first-order valence-corrected chi connectivity index (χ1v) is 13.2. The molecule has 2 aliphatic rings. The lowest BCUT2D eigenvalue weighted by molar-refractivity contribution is -0.133. The number of nitrogens with one attached hydrogen (secondary N) is 1. The van der Waals surface area contributed by atoms with Crippen molar-refractivity contribution < 1.29 is 4.79 Å². The van der Waals surface area contributed by atoms with E-state index in [9.17, 15) is 10.1 Å². The minimum atomic E-state index is -0.355. The molecule has 1 N–H and O–H groups in total. The molecule has 2 aliphatic heterocycles. The lowest BCUT2D eigenvalue weighted by Crippen LogP contribution is -2.63. The molecule has 202 valence electrons. The molecule has 1 amide bonds. The second-order valence-electron chi connectivity index (χ2n) is 10.4. The maximum Gasteiger partial charge on any atom is 0.247 e. The lowest BCUT2D eigenvalue weighted by atomic mass is 9.86. The summed E-state index contributed by atoms with van der Waals surface area (Å²) in [4.78, 5) is 23.7. The number of fused-ring (bicyclic) bond motifs is 1. The molecular weight excluding hydrogens is 496 g/mol. The topological polar surface area (TPSA) is 128 Å². The summed E-state index contributed by atoms with van der Waals surface area (Å²) in [5, 5.41) is 26.2. The van der Waals surface area contributed by atoms with Gasteiger partial charge in [-0.05, 0) is 31.2 Å². The Morgan fingerprint density at radius 1 is 1.15 bits per heavy atom. The standard InChI is InChI=1S/C26H32N12O/c1-3-20-13-29-38(15-20)26(6-7-27)18-35(19-26)22-5-4-8-37-24(22)31-25(32-37)30-21-14-28-36(16-21)17-23(39)34-11-9-33(2)10-12-34/h4-5,8,13-16H,3,6,9-12,17-19H2,1-2H3,(H,30,32). The van der Waals surface area contributed by atoms with E-state index in [-0.39, 0.29) is 18.0 Å². The van der Waals surface area contributed by atoms with Gasteiger partial charge >= 0.3 is 0 Å². The fraction of sp³-hybridized carbons (Fsp3) is 0.462. The Hall–Kier alpha value is -4.44. The van der Waals surface area contributed by atoms with Crippen LogP contribution < -0.4 is 10.2 Å². The molecule has 0 spiro atoms. The number of pyridine rings is 1. The molecule has 2 saturated heterocycles. The average molecular weight is 529 g/mol. The number of carbonyl (C=O) groups is 1. The summed E-state index contributed by atoms with van der Waals surface area (Å²) in [6.45, 7) is 6.88. The van der Waals surface area contributed by atoms with Crippen molar-refractivity contribution >= 4 is 28.9 Å². The van der Waals surface area contributed by atoms with Gasteiger partial charge in [-0.15, -0.1) is 5.10 Å². The summed E-state index contributed by atoms with van der Waals surface area (Å²) in [7, 11) is 2.07. The molecule has 0 atom stereocenters. The van der Waals surface area contributed by atoms with Crippen LogP contribution in [0, 0.1) is 11.3 Å². The quantitative estimate of drug-likeness (QED) is 0.360. The Morgan fingerprint density at radius 3 is 2.72 bits per heavy atom. The third-order valence-electron chi connectivity index (χ3n) is 7.63. The second-order valence-corrected chi connectivity index (χ2v) is 10.4. The van der Waals surface area contributed by atoms with Crippen molar-refractivity contribution in [2.45, 2.75) is 31.8 Å². The van der Waals surface area contributed by atoms with Crippen molar-refractivity contribution in [1.82, 2.24) is 44.0 Å². The number of likely N-dealkylation sites (N-methyl/N-ethyl adjacent to an activating group) is 1. The Balaban J connectivity index is 1.14. The maximum absolute atomic E-state index is 12.7. The van der Waals surface area contributed by atoms with Crippen LogP contribution in [0.3, 0.4) is 0 Å². The van der Waals surface area contributed by atoms with Gasteiger partial charge in [-0.2, -0.15) is 20.4 Å². The molecule has 0 bridgehead atoms. The molecule has 4 aromatic heterocycles. The number of piperazine rings is 1. The highest BCUT2D eigenvalue weighted by Crippen LogP contribution is 2.37. The summed E-state index contributed by atoms with van der Waals surface area (Å²) in [6.07, 6.45) is 10.5. The van der Waals surface area contributed by atoms with Crippen molar-refractivity contribution in [3.63, 3.8) is 0 Å². The van der Waals surface area contributed by atoms with E-state index in [0.717, 1.165) is 49.5 Å².